The van der Waals surface area contributed by atoms with Crippen molar-refractivity contribution in [3.8, 4) is 5.88 Å². The maximum atomic E-state index is 11.9. The molecule has 0 aliphatic heterocycles. The largest absolute Gasteiger partial charge is 0.475 e. The third-order valence-corrected chi connectivity index (χ3v) is 2.71. The van der Waals surface area contributed by atoms with Gasteiger partial charge < -0.3 is 15.2 Å². The molecule has 1 amide bonds. The summed E-state index contributed by atoms with van der Waals surface area (Å²) in [4.78, 5) is 16.0. The lowest BCUT2D eigenvalue weighted by Gasteiger charge is -2.14. The predicted molar refractivity (Wildman–Crippen MR) is 77.8 cm³/mol. The van der Waals surface area contributed by atoms with Crippen molar-refractivity contribution in [2.45, 2.75) is 46.3 Å². The summed E-state index contributed by atoms with van der Waals surface area (Å²) in [6, 6.07) is 3.38. The highest BCUT2D eigenvalue weighted by Crippen LogP contribution is 2.10. The summed E-state index contributed by atoms with van der Waals surface area (Å²) in [6.45, 7) is 8.12. The molecule has 2 N–H and O–H groups in total. The van der Waals surface area contributed by atoms with Crippen LogP contribution in [0.15, 0.2) is 18.3 Å². The lowest BCUT2D eigenvalue weighted by Crippen LogP contribution is -2.29. The number of carbonyl (C=O) groups excluding carboxylic acids is 1. The molecule has 0 fully saturated rings. The highest BCUT2D eigenvalue weighted by atomic mass is 16.5. The first-order valence-corrected chi connectivity index (χ1v) is 6.97. The van der Waals surface area contributed by atoms with Crippen LogP contribution < -0.4 is 10.1 Å². The number of aliphatic hydroxyl groups is 1. The molecule has 1 aromatic rings. The van der Waals surface area contributed by atoms with Crippen molar-refractivity contribution in [3.63, 3.8) is 0 Å². The van der Waals surface area contributed by atoms with E-state index in [0.717, 1.165) is 0 Å². The highest BCUT2D eigenvalue weighted by molar-refractivity contribution is 5.93. The van der Waals surface area contributed by atoms with Crippen LogP contribution in [0.5, 0.6) is 5.88 Å². The molecular formula is C15H24N2O3. The van der Waals surface area contributed by atoms with E-state index >= 15 is 0 Å². The van der Waals surface area contributed by atoms with E-state index in [1.54, 1.807) is 19.1 Å². The fourth-order valence-electron chi connectivity index (χ4n) is 1.86. The van der Waals surface area contributed by atoms with Crippen LogP contribution in [0.2, 0.25) is 0 Å². The van der Waals surface area contributed by atoms with E-state index in [1.807, 2.05) is 20.8 Å². The Morgan fingerprint density at radius 3 is 2.55 bits per heavy atom. The third-order valence-electron chi connectivity index (χ3n) is 2.71. The number of rotatable bonds is 7. The lowest BCUT2D eigenvalue weighted by molar-refractivity contribution is 0.0939. The number of aromatic nitrogens is 1. The van der Waals surface area contributed by atoms with Crippen molar-refractivity contribution in [2.24, 2.45) is 5.92 Å². The molecule has 0 aliphatic rings. The molecular weight excluding hydrogens is 256 g/mol. The van der Waals surface area contributed by atoms with Crippen molar-refractivity contribution in [1.82, 2.24) is 10.3 Å². The summed E-state index contributed by atoms with van der Waals surface area (Å²) in [6.07, 6.45) is 1.88. The molecule has 0 saturated heterocycles. The van der Waals surface area contributed by atoms with Crippen molar-refractivity contribution in [3.05, 3.63) is 23.9 Å². The maximum absolute atomic E-state index is 11.9. The molecule has 112 valence electrons. The summed E-state index contributed by atoms with van der Waals surface area (Å²) < 4.78 is 5.42. The molecule has 5 heteroatoms. The van der Waals surface area contributed by atoms with Crippen LogP contribution in [0.4, 0.5) is 0 Å². The number of ether oxygens (including phenoxy) is 1. The SMILES string of the molecule is CC(O)CC(C)CNC(=O)c1ccc(OC(C)C)nc1. The first-order chi connectivity index (χ1) is 9.38. The van der Waals surface area contributed by atoms with Gasteiger partial charge in [-0.15, -0.1) is 0 Å². The second-order valence-electron chi connectivity index (χ2n) is 5.45. The number of nitrogens with one attached hydrogen (secondary N) is 1. The molecule has 1 aromatic heterocycles. The minimum Gasteiger partial charge on any atom is -0.475 e. The maximum Gasteiger partial charge on any atom is 0.252 e. The second-order valence-corrected chi connectivity index (χ2v) is 5.45. The number of nitrogens with zero attached hydrogens (tertiary/aromatic N) is 1. The monoisotopic (exact) mass is 280 g/mol. The summed E-state index contributed by atoms with van der Waals surface area (Å²) in [7, 11) is 0. The molecule has 1 heterocycles. The van der Waals surface area contributed by atoms with E-state index in [4.69, 9.17) is 4.74 Å². The minimum atomic E-state index is -0.351. The van der Waals surface area contributed by atoms with Gasteiger partial charge in [0.2, 0.25) is 5.88 Å². The van der Waals surface area contributed by atoms with E-state index in [1.165, 1.54) is 6.20 Å². The Hall–Kier alpha value is -1.62. The van der Waals surface area contributed by atoms with Gasteiger partial charge in [0, 0.05) is 18.8 Å². The van der Waals surface area contributed by atoms with Crippen LogP contribution in [-0.2, 0) is 0 Å². The van der Waals surface area contributed by atoms with Crippen LogP contribution in [0.25, 0.3) is 0 Å². The molecule has 0 spiro atoms. The third kappa shape index (κ3) is 6.02. The summed E-state index contributed by atoms with van der Waals surface area (Å²) in [5, 5.41) is 12.1. The molecule has 0 bridgehead atoms. The van der Waals surface area contributed by atoms with Gasteiger partial charge in [0.1, 0.15) is 0 Å². The topological polar surface area (TPSA) is 71.5 Å². The van der Waals surface area contributed by atoms with E-state index < -0.39 is 0 Å². The van der Waals surface area contributed by atoms with Gasteiger partial charge in [0.15, 0.2) is 0 Å². The summed E-state index contributed by atoms with van der Waals surface area (Å²) >= 11 is 0. The number of amides is 1. The normalized spacial score (nSPS) is 13.9. The van der Waals surface area contributed by atoms with Crippen molar-refractivity contribution in [2.75, 3.05) is 6.54 Å². The van der Waals surface area contributed by atoms with E-state index in [9.17, 15) is 9.90 Å². The van der Waals surface area contributed by atoms with Crippen LogP contribution in [0, 0.1) is 5.92 Å². The Bertz CT molecular complexity index is 416. The fraction of sp³-hybridized carbons (Fsp3) is 0.600. The first-order valence-electron chi connectivity index (χ1n) is 6.97. The van der Waals surface area contributed by atoms with E-state index in [-0.39, 0.29) is 24.0 Å². The van der Waals surface area contributed by atoms with Crippen molar-refractivity contribution >= 4 is 5.91 Å². The van der Waals surface area contributed by atoms with Crippen LogP contribution in [0.1, 0.15) is 44.5 Å². The lowest BCUT2D eigenvalue weighted by atomic mass is 10.0. The van der Waals surface area contributed by atoms with Gasteiger partial charge in [-0.05, 0) is 39.2 Å². The smallest absolute Gasteiger partial charge is 0.252 e. The number of aliphatic hydroxyl groups excluding tert-OH is 1. The van der Waals surface area contributed by atoms with Gasteiger partial charge in [-0.2, -0.15) is 0 Å². The number of carbonyl (C=O) groups is 1. The Balaban J connectivity index is 2.47. The zero-order valence-corrected chi connectivity index (χ0v) is 12.6. The van der Waals surface area contributed by atoms with Gasteiger partial charge in [-0.3, -0.25) is 4.79 Å². The van der Waals surface area contributed by atoms with Gasteiger partial charge in [0.25, 0.3) is 5.91 Å². The Morgan fingerprint density at radius 2 is 2.05 bits per heavy atom. The average molecular weight is 280 g/mol. The Labute approximate surface area is 120 Å². The van der Waals surface area contributed by atoms with Crippen LogP contribution in [-0.4, -0.2) is 34.8 Å². The summed E-state index contributed by atoms with van der Waals surface area (Å²) in [5.41, 5.74) is 0.505. The van der Waals surface area contributed by atoms with Crippen LogP contribution >= 0.6 is 0 Å². The molecule has 5 nitrogen and oxygen atoms in total. The first kappa shape index (κ1) is 16.4. The van der Waals surface area contributed by atoms with Gasteiger partial charge in [-0.1, -0.05) is 6.92 Å². The van der Waals surface area contributed by atoms with Gasteiger partial charge in [0.05, 0.1) is 17.8 Å². The van der Waals surface area contributed by atoms with Gasteiger partial charge >= 0.3 is 0 Å². The van der Waals surface area contributed by atoms with E-state index in [2.05, 4.69) is 10.3 Å². The number of hydrogen-bond acceptors (Lipinski definition) is 4. The zero-order valence-electron chi connectivity index (χ0n) is 12.6. The zero-order chi connectivity index (χ0) is 15.1. The van der Waals surface area contributed by atoms with Crippen molar-refractivity contribution in [1.29, 1.82) is 0 Å². The molecule has 0 aliphatic carbocycles. The predicted octanol–water partition coefficient (Wildman–Crippen LogP) is 2.01. The molecule has 0 radical (unpaired) electrons. The second kappa shape index (κ2) is 7.85. The molecule has 0 aromatic carbocycles. The molecule has 1 rings (SSSR count). The quantitative estimate of drug-likeness (QED) is 0.801. The Morgan fingerprint density at radius 1 is 1.35 bits per heavy atom. The average Bonchev–Trinajstić information content (AvgIpc) is 2.35. The van der Waals surface area contributed by atoms with Crippen molar-refractivity contribution < 1.29 is 14.6 Å². The number of hydrogen-bond donors (Lipinski definition) is 2. The standard InChI is InChI=1S/C15H24N2O3/c1-10(2)20-14-6-5-13(9-16-14)15(19)17-8-11(3)7-12(4)18/h5-6,9-12,18H,7-8H2,1-4H3,(H,17,19). The van der Waals surface area contributed by atoms with Crippen LogP contribution in [0.3, 0.4) is 0 Å². The van der Waals surface area contributed by atoms with Gasteiger partial charge in [-0.25, -0.2) is 4.98 Å². The number of pyridine rings is 1. The fourth-order valence-corrected chi connectivity index (χ4v) is 1.86. The minimum absolute atomic E-state index is 0.0588. The molecule has 0 saturated carbocycles. The summed E-state index contributed by atoms with van der Waals surface area (Å²) in [5.74, 6) is 0.584. The molecule has 2 unspecified atom stereocenters. The molecule has 2 atom stereocenters. The van der Waals surface area contributed by atoms with E-state index in [0.29, 0.717) is 24.4 Å². The highest BCUT2D eigenvalue weighted by Gasteiger charge is 2.10. The Kier molecular flexibility index (Phi) is 6.45. The molecule has 20 heavy (non-hydrogen) atoms.